The fourth-order valence-corrected chi connectivity index (χ4v) is 0.650. The molecule has 0 bridgehead atoms. The predicted molar refractivity (Wildman–Crippen MR) is 52.7 cm³/mol. The Morgan fingerprint density at radius 1 is 1.29 bits per heavy atom. The maximum Gasteiger partial charge on any atom is 0.540 e. The fraction of sp³-hybridized carbons (Fsp3) is 0.900. The summed E-state index contributed by atoms with van der Waals surface area (Å²) in [4.78, 5) is 19.9. The molecule has 4 heteroatoms. The van der Waals surface area contributed by atoms with E-state index in [-0.39, 0.29) is 11.5 Å². The molecule has 0 aromatic carbocycles. The van der Waals surface area contributed by atoms with E-state index in [1.165, 1.54) is 0 Å². The van der Waals surface area contributed by atoms with Gasteiger partial charge < -0.3 is 4.74 Å². The molecule has 84 valence electrons. The highest BCUT2D eigenvalue weighted by atomic mass is 17.2. The van der Waals surface area contributed by atoms with Gasteiger partial charge in [-0.3, -0.25) is 4.89 Å². The zero-order valence-corrected chi connectivity index (χ0v) is 9.62. The molecule has 0 saturated carbocycles. The molecular weight excluding hydrogens is 184 g/mol. The van der Waals surface area contributed by atoms with Crippen LogP contribution in [0.25, 0.3) is 0 Å². The van der Waals surface area contributed by atoms with Gasteiger partial charge in [-0.15, -0.1) is 0 Å². The largest absolute Gasteiger partial charge is 0.540 e. The molecule has 0 amide bonds. The molecule has 0 aliphatic carbocycles. The maximum atomic E-state index is 10.8. The molecule has 0 atom stereocenters. The lowest BCUT2D eigenvalue weighted by Crippen LogP contribution is -2.15. The van der Waals surface area contributed by atoms with Gasteiger partial charge in [-0.2, -0.15) is 4.89 Å². The average Bonchev–Trinajstić information content (AvgIpc) is 1.95. The highest BCUT2D eigenvalue weighted by molar-refractivity contribution is 5.59. The van der Waals surface area contributed by atoms with Crippen LogP contribution in [-0.4, -0.2) is 18.9 Å². The second kappa shape index (κ2) is 5.86. The average molecular weight is 204 g/mol. The van der Waals surface area contributed by atoms with E-state index in [1.54, 1.807) is 13.8 Å². The Labute approximate surface area is 85.5 Å². The van der Waals surface area contributed by atoms with Gasteiger partial charge in [0.2, 0.25) is 0 Å². The topological polar surface area (TPSA) is 44.8 Å². The van der Waals surface area contributed by atoms with Crippen molar-refractivity contribution in [3.63, 3.8) is 0 Å². The van der Waals surface area contributed by atoms with Gasteiger partial charge in [0, 0.05) is 0 Å². The molecule has 0 saturated heterocycles. The van der Waals surface area contributed by atoms with Gasteiger partial charge in [-0.05, 0) is 25.7 Å². The van der Waals surface area contributed by atoms with Crippen LogP contribution in [0.1, 0.15) is 41.0 Å². The summed E-state index contributed by atoms with van der Waals surface area (Å²) in [6.45, 7) is 10.1. The molecule has 0 fully saturated rings. The minimum absolute atomic E-state index is 0.172. The number of carbonyl (C=O) groups excluding carboxylic acids is 1. The zero-order chi connectivity index (χ0) is 11.2. The standard InChI is InChI=1S/C10H20O4/c1-8(2)13-9(11)14-12-7-6-10(3,4)5/h8H,6-7H2,1-5H3. The molecule has 0 spiro atoms. The summed E-state index contributed by atoms with van der Waals surface area (Å²) in [7, 11) is 0. The van der Waals surface area contributed by atoms with E-state index in [0.717, 1.165) is 6.42 Å². The third kappa shape index (κ3) is 9.32. The Morgan fingerprint density at radius 2 is 1.86 bits per heavy atom. The van der Waals surface area contributed by atoms with Crippen LogP contribution in [0.3, 0.4) is 0 Å². The fourth-order valence-electron chi connectivity index (χ4n) is 0.650. The molecule has 0 unspecified atom stereocenters. The number of carbonyl (C=O) groups is 1. The van der Waals surface area contributed by atoms with Gasteiger partial charge in [-0.25, -0.2) is 4.79 Å². The summed E-state index contributed by atoms with van der Waals surface area (Å²) in [5.74, 6) is 0. The van der Waals surface area contributed by atoms with E-state index in [1.807, 2.05) is 0 Å². The summed E-state index contributed by atoms with van der Waals surface area (Å²) in [6, 6.07) is 0. The zero-order valence-electron chi connectivity index (χ0n) is 9.62. The first-order chi connectivity index (χ1) is 6.31. The first kappa shape index (κ1) is 13.2. The third-order valence-corrected chi connectivity index (χ3v) is 1.39. The number of rotatable bonds is 4. The van der Waals surface area contributed by atoms with E-state index >= 15 is 0 Å². The van der Waals surface area contributed by atoms with Crippen LogP contribution in [0.5, 0.6) is 0 Å². The van der Waals surface area contributed by atoms with E-state index < -0.39 is 6.16 Å². The van der Waals surface area contributed by atoms with E-state index in [9.17, 15) is 4.79 Å². The molecule has 4 nitrogen and oxygen atoms in total. The van der Waals surface area contributed by atoms with Crippen LogP contribution < -0.4 is 0 Å². The van der Waals surface area contributed by atoms with Crippen molar-refractivity contribution in [2.75, 3.05) is 6.61 Å². The molecule has 0 aromatic rings. The smallest absolute Gasteiger partial charge is 0.430 e. The minimum Gasteiger partial charge on any atom is -0.430 e. The van der Waals surface area contributed by atoms with Crippen molar-refractivity contribution in [3.05, 3.63) is 0 Å². The summed E-state index contributed by atoms with van der Waals surface area (Å²) < 4.78 is 4.70. The predicted octanol–water partition coefficient (Wildman–Crippen LogP) is 2.92. The van der Waals surface area contributed by atoms with Crippen molar-refractivity contribution in [1.29, 1.82) is 0 Å². The van der Waals surface area contributed by atoms with Crippen LogP contribution >= 0.6 is 0 Å². The maximum absolute atomic E-state index is 10.8. The van der Waals surface area contributed by atoms with E-state index in [4.69, 9.17) is 9.62 Å². The first-order valence-electron chi connectivity index (χ1n) is 4.81. The Morgan fingerprint density at radius 3 is 2.29 bits per heavy atom. The highest BCUT2D eigenvalue weighted by Gasteiger charge is 2.12. The van der Waals surface area contributed by atoms with Gasteiger partial charge in [0.1, 0.15) is 0 Å². The molecule has 0 aromatic heterocycles. The lowest BCUT2D eigenvalue weighted by molar-refractivity contribution is -0.259. The normalized spacial score (nSPS) is 11.6. The van der Waals surface area contributed by atoms with Crippen molar-refractivity contribution in [2.45, 2.75) is 47.1 Å². The molecular formula is C10H20O4. The molecule has 0 radical (unpaired) electrons. The lowest BCUT2D eigenvalue weighted by atomic mass is 9.93. The van der Waals surface area contributed by atoms with Crippen LogP contribution in [0.15, 0.2) is 0 Å². The Hall–Kier alpha value is -0.770. The third-order valence-electron chi connectivity index (χ3n) is 1.39. The highest BCUT2D eigenvalue weighted by Crippen LogP contribution is 2.17. The van der Waals surface area contributed by atoms with Crippen molar-refractivity contribution in [2.24, 2.45) is 5.41 Å². The first-order valence-corrected chi connectivity index (χ1v) is 4.81. The number of ether oxygens (including phenoxy) is 1. The number of hydrogen-bond acceptors (Lipinski definition) is 4. The molecule has 0 N–H and O–H groups in total. The lowest BCUT2D eigenvalue weighted by Gasteiger charge is -2.16. The van der Waals surface area contributed by atoms with Gasteiger partial charge in [0.05, 0.1) is 12.7 Å². The monoisotopic (exact) mass is 204 g/mol. The molecule has 14 heavy (non-hydrogen) atoms. The second-order valence-corrected chi connectivity index (χ2v) is 4.63. The molecule has 0 aliphatic rings. The molecule has 0 heterocycles. The Balaban J connectivity index is 3.41. The van der Waals surface area contributed by atoms with E-state index in [0.29, 0.717) is 6.61 Å². The van der Waals surface area contributed by atoms with Crippen molar-refractivity contribution < 1.29 is 19.3 Å². The van der Waals surface area contributed by atoms with Crippen molar-refractivity contribution in [1.82, 2.24) is 0 Å². The van der Waals surface area contributed by atoms with Crippen LogP contribution in [-0.2, 0) is 14.5 Å². The van der Waals surface area contributed by atoms with Gasteiger partial charge in [-0.1, -0.05) is 20.8 Å². The molecule has 0 aliphatic heterocycles. The minimum atomic E-state index is -0.783. The molecule has 0 rings (SSSR count). The SMILES string of the molecule is CC(C)OC(=O)OOCCC(C)(C)C. The van der Waals surface area contributed by atoms with Crippen molar-refractivity contribution in [3.8, 4) is 0 Å². The van der Waals surface area contributed by atoms with Crippen molar-refractivity contribution >= 4 is 6.16 Å². The summed E-state index contributed by atoms with van der Waals surface area (Å²) >= 11 is 0. The number of hydrogen-bond donors (Lipinski definition) is 0. The van der Waals surface area contributed by atoms with Crippen LogP contribution in [0.4, 0.5) is 4.79 Å². The van der Waals surface area contributed by atoms with Crippen LogP contribution in [0, 0.1) is 5.41 Å². The Kier molecular flexibility index (Phi) is 5.53. The summed E-state index contributed by atoms with van der Waals surface area (Å²) in [5.41, 5.74) is 0.172. The quantitative estimate of drug-likeness (QED) is 0.306. The second-order valence-electron chi connectivity index (χ2n) is 4.63. The van der Waals surface area contributed by atoms with E-state index in [2.05, 4.69) is 25.7 Å². The van der Waals surface area contributed by atoms with Crippen LogP contribution in [0.2, 0.25) is 0 Å². The van der Waals surface area contributed by atoms with Gasteiger partial charge >= 0.3 is 6.16 Å². The summed E-state index contributed by atoms with van der Waals surface area (Å²) in [6.07, 6.45) is -0.148. The summed E-state index contributed by atoms with van der Waals surface area (Å²) in [5, 5.41) is 0. The van der Waals surface area contributed by atoms with Gasteiger partial charge in [0.15, 0.2) is 0 Å². The van der Waals surface area contributed by atoms with Gasteiger partial charge in [0.25, 0.3) is 0 Å². The Bertz CT molecular complexity index is 169.